The first-order chi connectivity index (χ1) is 13.5. The van der Waals surface area contributed by atoms with Crippen molar-refractivity contribution in [2.75, 3.05) is 0 Å². The molecule has 1 aliphatic carbocycles. The van der Waals surface area contributed by atoms with Crippen molar-refractivity contribution in [3.05, 3.63) is 59.7 Å². The number of aryl methyl sites for hydroxylation is 2. The van der Waals surface area contributed by atoms with Gasteiger partial charge in [-0.1, -0.05) is 114 Å². The quantitative estimate of drug-likeness (QED) is 0.409. The number of rotatable bonds is 7. The summed E-state index contributed by atoms with van der Waals surface area (Å²) >= 11 is 0. The maximum Gasteiger partial charge on any atom is -0.0234 e. The fraction of sp³-hybridized carbons (Fsp3) is 0.643. The van der Waals surface area contributed by atoms with Gasteiger partial charge in [-0.05, 0) is 57.4 Å². The van der Waals surface area contributed by atoms with Crippen LogP contribution < -0.4 is 0 Å². The summed E-state index contributed by atoms with van der Waals surface area (Å²) in [4.78, 5) is 0. The number of hydrogen-bond donors (Lipinski definition) is 0. The lowest BCUT2D eigenvalue weighted by atomic mass is 10.1. The zero-order valence-corrected chi connectivity index (χ0v) is 20.3. The van der Waals surface area contributed by atoms with E-state index in [1.165, 1.54) is 68.1 Å². The van der Waals surface area contributed by atoms with Crippen LogP contribution in [0.1, 0.15) is 110 Å². The van der Waals surface area contributed by atoms with Crippen LogP contribution in [0.15, 0.2) is 48.6 Å². The van der Waals surface area contributed by atoms with Crippen molar-refractivity contribution in [2.24, 2.45) is 5.92 Å². The predicted molar refractivity (Wildman–Crippen MR) is 132 cm³/mol. The van der Waals surface area contributed by atoms with Gasteiger partial charge in [-0.25, -0.2) is 0 Å². The normalized spacial score (nSPS) is 13.0. The highest BCUT2D eigenvalue weighted by Crippen LogP contribution is 2.25. The van der Waals surface area contributed by atoms with E-state index >= 15 is 0 Å². The van der Waals surface area contributed by atoms with E-state index in [2.05, 4.69) is 77.6 Å². The van der Waals surface area contributed by atoms with E-state index in [9.17, 15) is 0 Å². The first-order valence-electron chi connectivity index (χ1n) is 11.9. The van der Waals surface area contributed by atoms with Gasteiger partial charge in [0.1, 0.15) is 0 Å². The van der Waals surface area contributed by atoms with Crippen molar-refractivity contribution >= 4 is 0 Å². The highest BCUT2D eigenvalue weighted by Gasteiger charge is 2.10. The van der Waals surface area contributed by atoms with Crippen molar-refractivity contribution < 1.29 is 0 Å². The van der Waals surface area contributed by atoms with Crippen LogP contribution in [0.25, 0.3) is 0 Å². The van der Waals surface area contributed by atoms with Gasteiger partial charge >= 0.3 is 0 Å². The third-order valence-corrected chi connectivity index (χ3v) is 4.71. The van der Waals surface area contributed by atoms with E-state index in [-0.39, 0.29) is 0 Å². The highest BCUT2D eigenvalue weighted by atomic mass is 14.2. The molecule has 0 atom stereocenters. The van der Waals surface area contributed by atoms with E-state index < -0.39 is 0 Å². The molecular weight excluding hydrogens is 336 g/mol. The molecule has 2 rings (SSSR count). The van der Waals surface area contributed by atoms with Gasteiger partial charge in [-0.15, -0.1) is 6.58 Å². The summed E-state index contributed by atoms with van der Waals surface area (Å²) in [5, 5.41) is 0. The summed E-state index contributed by atoms with van der Waals surface area (Å²) < 4.78 is 0. The van der Waals surface area contributed by atoms with Crippen molar-refractivity contribution in [3.63, 3.8) is 0 Å². The minimum absolute atomic E-state index is 0.935. The minimum atomic E-state index is 0.935. The lowest BCUT2D eigenvalue weighted by Crippen LogP contribution is -1.85. The lowest BCUT2D eigenvalue weighted by Gasteiger charge is -2.00. The maximum absolute atomic E-state index is 3.89. The summed E-state index contributed by atoms with van der Waals surface area (Å²) in [5.74, 6) is 0.935. The van der Waals surface area contributed by atoms with Gasteiger partial charge in [0.25, 0.3) is 0 Å². The van der Waals surface area contributed by atoms with Gasteiger partial charge in [0.05, 0.1) is 0 Å². The van der Waals surface area contributed by atoms with Crippen LogP contribution in [0.3, 0.4) is 0 Å². The number of benzene rings is 1. The van der Waals surface area contributed by atoms with E-state index in [1.54, 1.807) is 0 Å². The number of hydrogen-bond acceptors (Lipinski definition) is 0. The van der Waals surface area contributed by atoms with Crippen molar-refractivity contribution in [3.8, 4) is 0 Å². The highest BCUT2D eigenvalue weighted by molar-refractivity contribution is 5.21. The second-order valence-corrected chi connectivity index (χ2v) is 7.68. The van der Waals surface area contributed by atoms with E-state index in [0.29, 0.717) is 0 Å². The molecule has 0 heteroatoms. The van der Waals surface area contributed by atoms with E-state index in [4.69, 9.17) is 0 Å². The molecule has 0 bridgehead atoms. The Labute approximate surface area is 178 Å². The van der Waals surface area contributed by atoms with Crippen LogP contribution in [0.4, 0.5) is 0 Å². The molecule has 1 saturated carbocycles. The Morgan fingerprint density at radius 1 is 1.00 bits per heavy atom. The Hall–Kier alpha value is -1.30. The second-order valence-electron chi connectivity index (χ2n) is 7.68. The molecular formula is C28H50. The summed E-state index contributed by atoms with van der Waals surface area (Å²) in [5.41, 5.74) is 3.99. The molecule has 0 spiro atoms. The van der Waals surface area contributed by atoms with Crippen LogP contribution in [-0.4, -0.2) is 0 Å². The predicted octanol–water partition coefficient (Wildman–Crippen LogP) is 9.87. The third kappa shape index (κ3) is 19.5. The van der Waals surface area contributed by atoms with Crippen LogP contribution in [0, 0.1) is 12.8 Å². The summed E-state index contributed by atoms with van der Waals surface area (Å²) in [6, 6.07) is 8.71. The SMILES string of the molecule is C=C(C)CCc1ccc(C)cc1.CC.CC/C=C/C1CCCC1.CCCCC. The van der Waals surface area contributed by atoms with Gasteiger partial charge in [0, 0.05) is 0 Å². The van der Waals surface area contributed by atoms with Gasteiger partial charge in [-0.3, -0.25) is 0 Å². The smallest absolute Gasteiger partial charge is 0.0234 e. The summed E-state index contributed by atoms with van der Waals surface area (Å²) in [6.45, 7) is 18.7. The topological polar surface area (TPSA) is 0 Å². The van der Waals surface area contributed by atoms with Crippen molar-refractivity contribution in [1.82, 2.24) is 0 Å². The van der Waals surface area contributed by atoms with Gasteiger partial charge in [0.2, 0.25) is 0 Å². The molecule has 1 aliphatic rings. The molecule has 0 unspecified atom stereocenters. The molecule has 0 nitrogen and oxygen atoms in total. The largest absolute Gasteiger partial charge is 0.100 e. The average Bonchev–Trinajstić information content (AvgIpc) is 3.23. The standard InChI is InChI=1S/C12H16.C9H16.C5H12.C2H6/c1-10(2)4-7-12-8-5-11(3)6-9-12;1-2-3-6-9-7-4-5-8-9;1-3-5-4-2;1-2/h5-6,8-9H,1,4,7H2,2-3H3;3,6,9H,2,4-5,7-8H2,1H3;3-5H2,1-2H3;1-2H3/b;6-3+;;. The molecule has 1 fully saturated rings. The van der Waals surface area contributed by atoms with Crippen LogP contribution >= 0.6 is 0 Å². The maximum atomic E-state index is 3.89. The van der Waals surface area contributed by atoms with Crippen LogP contribution in [-0.2, 0) is 6.42 Å². The Morgan fingerprint density at radius 3 is 1.93 bits per heavy atom. The molecule has 162 valence electrons. The van der Waals surface area contributed by atoms with Crippen molar-refractivity contribution in [2.45, 2.75) is 113 Å². The Bertz CT molecular complexity index is 455. The monoisotopic (exact) mass is 386 g/mol. The van der Waals surface area contributed by atoms with Crippen molar-refractivity contribution in [1.29, 1.82) is 0 Å². The average molecular weight is 387 g/mol. The number of allylic oxidation sites excluding steroid dienone is 3. The summed E-state index contributed by atoms with van der Waals surface area (Å²) in [7, 11) is 0. The molecule has 0 aliphatic heterocycles. The molecule has 0 heterocycles. The van der Waals surface area contributed by atoms with Crippen LogP contribution in [0.5, 0.6) is 0 Å². The third-order valence-electron chi connectivity index (χ3n) is 4.71. The molecule has 0 aromatic heterocycles. The molecule has 0 amide bonds. The first-order valence-corrected chi connectivity index (χ1v) is 11.9. The fourth-order valence-corrected chi connectivity index (χ4v) is 2.94. The lowest BCUT2D eigenvalue weighted by molar-refractivity contribution is 0.683. The molecule has 1 aromatic carbocycles. The molecule has 0 saturated heterocycles. The van der Waals surface area contributed by atoms with Gasteiger partial charge in [-0.2, -0.15) is 0 Å². The Balaban J connectivity index is 0. The van der Waals surface area contributed by atoms with Gasteiger partial charge < -0.3 is 0 Å². The first kappa shape index (κ1) is 28.9. The minimum Gasteiger partial charge on any atom is -0.100 e. The Kier molecular flexibility index (Phi) is 22.7. The molecule has 1 aromatic rings. The zero-order chi connectivity index (χ0) is 21.6. The fourth-order valence-electron chi connectivity index (χ4n) is 2.94. The zero-order valence-electron chi connectivity index (χ0n) is 20.3. The Morgan fingerprint density at radius 2 is 1.54 bits per heavy atom. The van der Waals surface area contributed by atoms with E-state index in [0.717, 1.165) is 18.8 Å². The number of unbranched alkanes of at least 4 members (excludes halogenated alkanes) is 2. The van der Waals surface area contributed by atoms with Crippen LogP contribution in [0.2, 0.25) is 0 Å². The van der Waals surface area contributed by atoms with E-state index in [1.807, 2.05) is 13.8 Å². The molecule has 0 N–H and O–H groups in total. The molecule has 0 radical (unpaired) electrons. The molecule has 28 heavy (non-hydrogen) atoms. The second kappa shape index (κ2) is 22.0. The summed E-state index contributed by atoms with van der Waals surface area (Å²) in [6.07, 6.45) is 18.0. The van der Waals surface area contributed by atoms with Gasteiger partial charge in [0.15, 0.2) is 0 Å².